The molecular formula is C6H10O4S. The van der Waals surface area contributed by atoms with Gasteiger partial charge in [-0.1, -0.05) is 0 Å². The molecule has 0 atom stereocenters. The van der Waals surface area contributed by atoms with Gasteiger partial charge < -0.3 is 9.84 Å². The maximum absolute atomic E-state index is 9.99. The van der Waals surface area contributed by atoms with Crippen molar-refractivity contribution in [2.45, 2.75) is 6.42 Å². The Kier molecular flexibility index (Phi) is 6.92. The van der Waals surface area contributed by atoms with Gasteiger partial charge in [0, 0.05) is 11.5 Å². The van der Waals surface area contributed by atoms with Gasteiger partial charge >= 0.3 is 5.97 Å². The molecule has 0 aromatic heterocycles. The average molecular weight is 178 g/mol. The lowest BCUT2D eigenvalue weighted by Gasteiger charge is -1.97. The summed E-state index contributed by atoms with van der Waals surface area (Å²) in [6.07, 6.45) is 0.158. The molecule has 5 heteroatoms. The van der Waals surface area contributed by atoms with Gasteiger partial charge in [0.15, 0.2) is 0 Å². The third-order valence-electron chi connectivity index (χ3n) is 0.874. The van der Waals surface area contributed by atoms with E-state index in [9.17, 15) is 9.59 Å². The fraction of sp³-hybridized carbons (Fsp3) is 0.667. The van der Waals surface area contributed by atoms with Crippen molar-refractivity contribution in [3.63, 3.8) is 0 Å². The Hall–Kier alpha value is -0.710. The van der Waals surface area contributed by atoms with Crippen LogP contribution >= 0.6 is 11.8 Å². The molecular weight excluding hydrogens is 168 g/mol. The number of hydrogen-bond acceptors (Lipinski definition) is 4. The van der Waals surface area contributed by atoms with Crippen molar-refractivity contribution in [3.8, 4) is 0 Å². The van der Waals surface area contributed by atoms with Gasteiger partial charge in [-0.2, -0.15) is 11.8 Å². The molecule has 0 rings (SSSR count). The van der Waals surface area contributed by atoms with E-state index in [1.807, 2.05) is 0 Å². The molecule has 64 valence electrons. The molecule has 0 aliphatic heterocycles. The molecule has 11 heavy (non-hydrogen) atoms. The van der Waals surface area contributed by atoms with E-state index >= 15 is 0 Å². The number of carbonyl (C=O) groups is 2. The van der Waals surface area contributed by atoms with Crippen molar-refractivity contribution in [2.24, 2.45) is 0 Å². The summed E-state index contributed by atoms with van der Waals surface area (Å²) in [5, 5.41) is 8.22. The van der Waals surface area contributed by atoms with Crippen molar-refractivity contribution in [2.75, 3.05) is 18.1 Å². The second-order valence-electron chi connectivity index (χ2n) is 1.72. The van der Waals surface area contributed by atoms with E-state index in [4.69, 9.17) is 5.11 Å². The molecule has 0 heterocycles. The van der Waals surface area contributed by atoms with Gasteiger partial charge in [0.2, 0.25) is 0 Å². The highest BCUT2D eigenvalue weighted by Crippen LogP contribution is 2.01. The smallest absolute Gasteiger partial charge is 0.304 e. The zero-order valence-corrected chi connectivity index (χ0v) is 6.80. The molecule has 0 aliphatic rings. The predicted octanol–water partition coefficient (Wildman–Crippen LogP) is 0.367. The zero-order valence-electron chi connectivity index (χ0n) is 5.99. The number of ether oxygens (including phenoxy) is 1. The first-order valence-electron chi connectivity index (χ1n) is 3.12. The minimum absolute atomic E-state index is 0.158. The molecule has 0 bridgehead atoms. The van der Waals surface area contributed by atoms with Crippen LogP contribution in [0, 0.1) is 0 Å². The fourth-order valence-electron chi connectivity index (χ4n) is 0.417. The van der Waals surface area contributed by atoms with Crippen LogP contribution in [0.25, 0.3) is 0 Å². The van der Waals surface area contributed by atoms with E-state index in [0.29, 0.717) is 24.6 Å². The molecule has 4 nitrogen and oxygen atoms in total. The van der Waals surface area contributed by atoms with Crippen LogP contribution < -0.4 is 0 Å². The number of carboxylic acid groups (broad SMARTS) is 1. The summed E-state index contributed by atoms with van der Waals surface area (Å²) >= 11 is 1.46. The number of thioether (sulfide) groups is 1. The Morgan fingerprint density at radius 2 is 2.27 bits per heavy atom. The molecule has 0 aromatic rings. The lowest BCUT2D eigenvalue weighted by atomic mass is 10.5. The highest BCUT2D eigenvalue weighted by Gasteiger charge is 1.95. The summed E-state index contributed by atoms with van der Waals surface area (Å²) in [5.74, 6) is 0.428. The predicted molar refractivity (Wildman–Crippen MR) is 41.6 cm³/mol. The summed E-state index contributed by atoms with van der Waals surface area (Å²) < 4.78 is 4.39. The normalized spacial score (nSPS) is 9.09. The van der Waals surface area contributed by atoms with Gasteiger partial charge in [-0.25, -0.2) is 0 Å². The maximum atomic E-state index is 9.99. The number of carbonyl (C=O) groups excluding carboxylic acids is 1. The first-order valence-corrected chi connectivity index (χ1v) is 4.27. The largest absolute Gasteiger partial charge is 0.481 e. The Morgan fingerprint density at radius 1 is 1.55 bits per heavy atom. The SMILES string of the molecule is O=COCCSCCC(=O)O. The van der Waals surface area contributed by atoms with Gasteiger partial charge in [0.25, 0.3) is 6.47 Å². The van der Waals surface area contributed by atoms with Gasteiger partial charge in [0.05, 0.1) is 6.42 Å². The van der Waals surface area contributed by atoms with Crippen LogP contribution in [-0.2, 0) is 14.3 Å². The quantitative estimate of drug-likeness (QED) is 0.450. The van der Waals surface area contributed by atoms with Gasteiger partial charge in [-0.05, 0) is 0 Å². The van der Waals surface area contributed by atoms with E-state index in [1.165, 1.54) is 11.8 Å². The Bertz CT molecular complexity index is 126. The Balaban J connectivity index is 2.90. The standard InChI is InChI=1S/C6H10O4S/c7-5-10-2-4-11-3-1-6(8)9/h5H,1-4H2,(H,8,9). The number of rotatable bonds is 7. The summed E-state index contributed by atoms with van der Waals surface area (Å²) in [6, 6.07) is 0. The second kappa shape index (κ2) is 7.40. The lowest BCUT2D eigenvalue weighted by Crippen LogP contribution is -1.99. The van der Waals surface area contributed by atoms with E-state index < -0.39 is 5.97 Å². The van der Waals surface area contributed by atoms with Crippen molar-refractivity contribution in [3.05, 3.63) is 0 Å². The zero-order chi connectivity index (χ0) is 8.53. The van der Waals surface area contributed by atoms with Crippen LogP contribution in [0.15, 0.2) is 0 Å². The fourth-order valence-corrected chi connectivity index (χ4v) is 1.15. The number of hydrogen-bond donors (Lipinski definition) is 1. The molecule has 0 radical (unpaired) electrons. The Morgan fingerprint density at radius 3 is 2.82 bits per heavy atom. The topological polar surface area (TPSA) is 63.6 Å². The minimum Gasteiger partial charge on any atom is -0.481 e. The molecule has 1 N–H and O–H groups in total. The molecule has 0 saturated carbocycles. The lowest BCUT2D eigenvalue weighted by molar-refractivity contribution is -0.136. The highest BCUT2D eigenvalue weighted by atomic mass is 32.2. The van der Waals surface area contributed by atoms with E-state index in [-0.39, 0.29) is 6.42 Å². The van der Waals surface area contributed by atoms with Gasteiger partial charge in [-0.3, -0.25) is 9.59 Å². The van der Waals surface area contributed by atoms with Gasteiger partial charge in [0.1, 0.15) is 6.61 Å². The number of carboxylic acids is 1. The van der Waals surface area contributed by atoms with Crippen molar-refractivity contribution in [1.82, 2.24) is 0 Å². The monoisotopic (exact) mass is 178 g/mol. The molecule has 0 saturated heterocycles. The van der Waals surface area contributed by atoms with Crippen LogP contribution in [0.5, 0.6) is 0 Å². The first kappa shape index (κ1) is 10.3. The van der Waals surface area contributed by atoms with Crippen LogP contribution in [0.1, 0.15) is 6.42 Å². The van der Waals surface area contributed by atoms with Crippen molar-refractivity contribution >= 4 is 24.2 Å². The summed E-state index contributed by atoms with van der Waals surface area (Å²) in [4.78, 5) is 19.6. The highest BCUT2D eigenvalue weighted by molar-refractivity contribution is 7.99. The van der Waals surface area contributed by atoms with E-state index in [1.54, 1.807) is 0 Å². The maximum Gasteiger partial charge on any atom is 0.304 e. The Labute approximate surface area is 68.9 Å². The number of aliphatic carboxylic acids is 1. The van der Waals surface area contributed by atoms with E-state index in [2.05, 4.69) is 4.74 Å². The minimum atomic E-state index is -0.797. The summed E-state index contributed by atoms with van der Waals surface area (Å²) in [7, 11) is 0. The first-order chi connectivity index (χ1) is 5.27. The van der Waals surface area contributed by atoms with E-state index in [0.717, 1.165) is 0 Å². The third kappa shape index (κ3) is 9.29. The molecule has 0 amide bonds. The molecule has 0 unspecified atom stereocenters. The van der Waals surface area contributed by atoms with Crippen molar-refractivity contribution < 1.29 is 19.4 Å². The van der Waals surface area contributed by atoms with Crippen LogP contribution in [0.2, 0.25) is 0 Å². The molecule has 0 spiro atoms. The van der Waals surface area contributed by atoms with Crippen LogP contribution in [0.3, 0.4) is 0 Å². The average Bonchev–Trinajstić information content (AvgIpc) is 1.96. The van der Waals surface area contributed by atoms with Crippen molar-refractivity contribution in [1.29, 1.82) is 0 Å². The van der Waals surface area contributed by atoms with Crippen LogP contribution in [-0.4, -0.2) is 35.7 Å². The third-order valence-corrected chi connectivity index (χ3v) is 1.82. The molecule has 0 aromatic carbocycles. The second-order valence-corrected chi connectivity index (χ2v) is 2.95. The molecule has 0 aliphatic carbocycles. The van der Waals surface area contributed by atoms with Gasteiger partial charge in [-0.15, -0.1) is 0 Å². The summed E-state index contributed by atoms with van der Waals surface area (Å²) in [6.45, 7) is 0.742. The summed E-state index contributed by atoms with van der Waals surface area (Å²) in [5.41, 5.74) is 0. The van der Waals surface area contributed by atoms with Crippen LogP contribution in [0.4, 0.5) is 0 Å². The molecule has 0 fully saturated rings.